The number of rotatable bonds is 3. The lowest BCUT2D eigenvalue weighted by atomic mass is 9.88. The molecule has 2 unspecified atom stereocenters. The molecule has 1 aliphatic carbocycles. The van der Waals surface area contributed by atoms with Gasteiger partial charge in [0.25, 0.3) is 0 Å². The van der Waals surface area contributed by atoms with E-state index in [1.807, 2.05) is 4.90 Å². The van der Waals surface area contributed by atoms with E-state index in [4.69, 9.17) is 0 Å². The average Bonchev–Trinajstić information content (AvgIpc) is 2.17. The van der Waals surface area contributed by atoms with Crippen molar-refractivity contribution in [1.29, 1.82) is 0 Å². The highest BCUT2D eigenvalue weighted by molar-refractivity contribution is 5.81. The van der Waals surface area contributed by atoms with Crippen LogP contribution in [0.4, 0.5) is 0 Å². The summed E-state index contributed by atoms with van der Waals surface area (Å²) in [6, 6.07) is 0.584. The van der Waals surface area contributed by atoms with Gasteiger partial charge in [0, 0.05) is 12.1 Å². The Morgan fingerprint density at radius 3 is 2.06 bits per heavy atom. The van der Waals surface area contributed by atoms with Gasteiger partial charge < -0.3 is 4.90 Å². The fourth-order valence-corrected chi connectivity index (χ4v) is 2.46. The molecule has 2 heteroatoms. The number of carbonyl (C=O) groups excluding carboxylic acids is 1. The molecule has 1 aliphatic rings. The molecular formula is C14H25NO. The standard InChI is InChI=1S/C14H25NO/c1-10(2)15(11(3)4)14(16)13-8-6-12(5)7-9-13/h6,8,10-13H,7,9H2,1-5H3. The van der Waals surface area contributed by atoms with Gasteiger partial charge in [-0.25, -0.2) is 0 Å². The van der Waals surface area contributed by atoms with E-state index in [0.717, 1.165) is 12.8 Å². The number of allylic oxidation sites excluding steroid dienone is 1. The molecule has 92 valence electrons. The Labute approximate surface area is 99.7 Å². The van der Waals surface area contributed by atoms with Crippen LogP contribution in [0.2, 0.25) is 0 Å². The van der Waals surface area contributed by atoms with Crippen molar-refractivity contribution in [2.45, 2.75) is 59.5 Å². The summed E-state index contributed by atoms with van der Waals surface area (Å²) in [5, 5.41) is 0. The lowest BCUT2D eigenvalue weighted by Gasteiger charge is -2.34. The molecule has 0 bridgehead atoms. The zero-order valence-corrected chi connectivity index (χ0v) is 11.2. The molecule has 0 spiro atoms. The zero-order valence-electron chi connectivity index (χ0n) is 11.2. The van der Waals surface area contributed by atoms with Crippen LogP contribution < -0.4 is 0 Å². The SMILES string of the molecule is CC1C=CC(C(=O)N(C(C)C)C(C)C)CC1. The van der Waals surface area contributed by atoms with E-state index >= 15 is 0 Å². The summed E-state index contributed by atoms with van der Waals surface area (Å²) >= 11 is 0. The Bertz CT molecular complexity index is 260. The predicted octanol–water partition coefficient (Wildman–Crippen LogP) is 3.23. The van der Waals surface area contributed by atoms with E-state index in [1.54, 1.807) is 0 Å². The van der Waals surface area contributed by atoms with Gasteiger partial charge >= 0.3 is 0 Å². The van der Waals surface area contributed by atoms with Crippen LogP contribution >= 0.6 is 0 Å². The van der Waals surface area contributed by atoms with Crippen LogP contribution in [-0.2, 0) is 4.79 Å². The molecule has 2 nitrogen and oxygen atoms in total. The first-order valence-corrected chi connectivity index (χ1v) is 6.44. The first kappa shape index (κ1) is 13.3. The minimum atomic E-state index is 0.112. The third-order valence-corrected chi connectivity index (χ3v) is 3.29. The maximum Gasteiger partial charge on any atom is 0.229 e. The van der Waals surface area contributed by atoms with Crippen LogP contribution in [0.1, 0.15) is 47.5 Å². The number of nitrogens with zero attached hydrogens (tertiary/aromatic N) is 1. The summed E-state index contributed by atoms with van der Waals surface area (Å²) in [5.74, 6) is 1.05. The highest BCUT2D eigenvalue weighted by Crippen LogP contribution is 2.24. The van der Waals surface area contributed by atoms with Crippen molar-refractivity contribution in [1.82, 2.24) is 4.90 Å². The lowest BCUT2D eigenvalue weighted by Crippen LogP contribution is -2.45. The molecule has 0 aromatic carbocycles. The monoisotopic (exact) mass is 223 g/mol. The van der Waals surface area contributed by atoms with Gasteiger partial charge in [-0.05, 0) is 46.5 Å². The largest absolute Gasteiger partial charge is 0.337 e. The van der Waals surface area contributed by atoms with Gasteiger partial charge in [-0.15, -0.1) is 0 Å². The van der Waals surface area contributed by atoms with Crippen molar-refractivity contribution in [2.75, 3.05) is 0 Å². The lowest BCUT2D eigenvalue weighted by molar-refractivity contribution is -0.138. The summed E-state index contributed by atoms with van der Waals surface area (Å²) in [6.07, 6.45) is 6.43. The van der Waals surface area contributed by atoms with Gasteiger partial charge in [0.1, 0.15) is 0 Å². The van der Waals surface area contributed by atoms with Gasteiger partial charge in [-0.1, -0.05) is 19.1 Å². The summed E-state index contributed by atoms with van der Waals surface area (Å²) in [5.41, 5.74) is 0. The highest BCUT2D eigenvalue weighted by atomic mass is 16.2. The molecule has 1 amide bonds. The summed E-state index contributed by atoms with van der Waals surface area (Å²) in [7, 11) is 0. The van der Waals surface area contributed by atoms with Crippen LogP contribution in [-0.4, -0.2) is 22.9 Å². The molecule has 0 heterocycles. The molecule has 0 fully saturated rings. The van der Waals surface area contributed by atoms with Crippen molar-refractivity contribution in [2.24, 2.45) is 11.8 Å². The topological polar surface area (TPSA) is 20.3 Å². The molecule has 0 aliphatic heterocycles. The average molecular weight is 223 g/mol. The van der Waals surface area contributed by atoms with Crippen LogP contribution in [0.15, 0.2) is 12.2 Å². The molecule has 0 aromatic heterocycles. The van der Waals surface area contributed by atoms with Gasteiger partial charge in [0.05, 0.1) is 5.92 Å². The molecule has 0 saturated carbocycles. The maximum atomic E-state index is 12.4. The maximum absolute atomic E-state index is 12.4. The minimum absolute atomic E-state index is 0.112. The molecule has 0 saturated heterocycles. The van der Waals surface area contributed by atoms with Gasteiger partial charge in [-0.3, -0.25) is 4.79 Å². The zero-order chi connectivity index (χ0) is 12.3. The molecule has 0 N–H and O–H groups in total. The summed E-state index contributed by atoms with van der Waals surface area (Å²) < 4.78 is 0. The molecule has 1 rings (SSSR count). The third-order valence-electron chi connectivity index (χ3n) is 3.29. The quantitative estimate of drug-likeness (QED) is 0.673. The molecule has 0 aromatic rings. The fraction of sp³-hybridized carbons (Fsp3) is 0.786. The molecule has 0 radical (unpaired) electrons. The van der Waals surface area contributed by atoms with Crippen LogP contribution in [0.5, 0.6) is 0 Å². The molecular weight excluding hydrogens is 198 g/mol. The second-order valence-corrected chi connectivity index (χ2v) is 5.48. The first-order chi connectivity index (χ1) is 7.43. The van der Waals surface area contributed by atoms with Gasteiger partial charge in [0.15, 0.2) is 0 Å². The van der Waals surface area contributed by atoms with E-state index in [1.165, 1.54) is 0 Å². The fourth-order valence-electron chi connectivity index (χ4n) is 2.46. The van der Waals surface area contributed by atoms with E-state index in [9.17, 15) is 4.79 Å². The van der Waals surface area contributed by atoms with E-state index in [-0.39, 0.29) is 5.92 Å². The van der Waals surface area contributed by atoms with Crippen molar-refractivity contribution >= 4 is 5.91 Å². The second kappa shape index (κ2) is 5.51. The molecule has 16 heavy (non-hydrogen) atoms. The number of hydrogen-bond donors (Lipinski definition) is 0. The third kappa shape index (κ3) is 3.10. The Balaban J connectivity index is 2.72. The van der Waals surface area contributed by atoms with Crippen molar-refractivity contribution < 1.29 is 4.79 Å². The van der Waals surface area contributed by atoms with E-state index in [0.29, 0.717) is 23.9 Å². The van der Waals surface area contributed by atoms with Gasteiger partial charge in [0.2, 0.25) is 5.91 Å². The second-order valence-electron chi connectivity index (χ2n) is 5.48. The Morgan fingerprint density at radius 2 is 1.69 bits per heavy atom. The predicted molar refractivity (Wildman–Crippen MR) is 68.1 cm³/mol. The Hall–Kier alpha value is -0.790. The molecule has 2 atom stereocenters. The Kier molecular flexibility index (Phi) is 4.57. The van der Waals surface area contributed by atoms with E-state index < -0.39 is 0 Å². The van der Waals surface area contributed by atoms with Gasteiger partial charge in [-0.2, -0.15) is 0 Å². The van der Waals surface area contributed by atoms with Crippen molar-refractivity contribution in [3.05, 3.63) is 12.2 Å². The smallest absolute Gasteiger partial charge is 0.229 e. The number of hydrogen-bond acceptors (Lipinski definition) is 1. The summed E-state index contributed by atoms with van der Waals surface area (Å²) in [4.78, 5) is 14.4. The minimum Gasteiger partial charge on any atom is -0.337 e. The van der Waals surface area contributed by atoms with Crippen molar-refractivity contribution in [3.8, 4) is 0 Å². The number of amides is 1. The van der Waals surface area contributed by atoms with Crippen molar-refractivity contribution in [3.63, 3.8) is 0 Å². The Morgan fingerprint density at radius 1 is 1.12 bits per heavy atom. The van der Waals surface area contributed by atoms with Crippen LogP contribution in [0.3, 0.4) is 0 Å². The van der Waals surface area contributed by atoms with E-state index in [2.05, 4.69) is 46.8 Å². The number of carbonyl (C=O) groups is 1. The first-order valence-electron chi connectivity index (χ1n) is 6.44. The summed E-state index contributed by atoms with van der Waals surface area (Å²) in [6.45, 7) is 10.6. The van der Waals surface area contributed by atoms with Crippen LogP contribution in [0.25, 0.3) is 0 Å². The normalized spacial score (nSPS) is 25.2. The highest BCUT2D eigenvalue weighted by Gasteiger charge is 2.27. The van der Waals surface area contributed by atoms with Crippen LogP contribution in [0, 0.1) is 11.8 Å².